The fraction of sp³-hybridized carbons (Fsp3) is 0.750. The summed E-state index contributed by atoms with van der Waals surface area (Å²) in [6.07, 6.45) is 4.30. The second-order valence-corrected chi connectivity index (χ2v) is 14.3. The largest absolute Gasteiger partial charge is 0.351 e. The normalized spacial score (nSPS) is 29.0. The second kappa shape index (κ2) is 11.2. The Morgan fingerprint density at radius 2 is 1.71 bits per heavy atom. The van der Waals surface area contributed by atoms with Gasteiger partial charge in [0.15, 0.2) is 0 Å². The molecule has 228 valence electrons. The summed E-state index contributed by atoms with van der Waals surface area (Å²) in [5.74, 6) is -4.57. The van der Waals surface area contributed by atoms with Gasteiger partial charge in [-0.1, -0.05) is 6.07 Å². The average Bonchev–Trinajstić information content (AvgIpc) is 3.30. The van der Waals surface area contributed by atoms with Gasteiger partial charge in [0, 0.05) is 69.0 Å². The molecule has 4 atom stereocenters. The Morgan fingerprint density at radius 3 is 2.24 bits per heavy atom. The topological polar surface area (TPSA) is 52.7 Å². The van der Waals surface area contributed by atoms with Crippen molar-refractivity contribution >= 4 is 11.8 Å². The van der Waals surface area contributed by atoms with E-state index in [9.17, 15) is 27.2 Å². The van der Waals surface area contributed by atoms with Crippen LogP contribution in [0.2, 0.25) is 0 Å². The van der Waals surface area contributed by atoms with E-state index in [0.717, 1.165) is 38.2 Å². The van der Waals surface area contributed by atoms with Crippen molar-refractivity contribution in [1.82, 2.24) is 15.1 Å². The Morgan fingerprint density at radius 1 is 1.02 bits per heavy atom. The van der Waals surface area contributed by atoms with Gasteiger partial charge < -0.3 is 10.2 Å². The molecule has 1 N–H and O–H groups in total. The predicted octanol–water partition coefficient (Wildman–Crippen LogP) is 6.13. The number of nitrogens with one attached hydrogen (secondary N) is 1. The third-order valence-corrected chi connectivity index (χ3v) is 10.4. The van der Waals surface area contributed by atoms with Gasteiger partial charge in [0.2, 0.25) is 17.7 Å². The number of halogens is 4. The van der Waals surface area contributed by atoms with Crippen LogP contribution in [0.3, 0.4) is 0 Å². The first-order chi connectivity index (χ1) is 19.2. The Kier molecular flexibility index (Phi) is 8.25. The van der Waals surface area contributed by atoms with Crippen molar-refractivity contribution in [3.63, 3.8) is 0 Å². The van der Waals surface area contributed by atoms with Crippen LogP contribution < -0.4 is 5.32 Å². The molecule has 2 saturated heterocycles. The number of benzene rings is 1. The van der Waals surface area contributed by atoms with Gasteiger partial charge in [0.05, 0.1) is 5.92 Å². The minimum absolute atomic E-state index is 0.00946. The summed E-state index contributed by atoms with van der Waals surface area (Å²) in [7, 11) is 0. The minimum atomic E-state index is -2.63. The molecule has 4 fully saturated rings. The fourth-order valence-electron chi connectivity index (χ4n) is 7.93. The predicted molar refractivity (Wildman–Crippen MR) is 149 cm³/mol. The maximum absolute atomic E-state index is 14.9. The number of hydrogen-bond acceptors (Lipinski definition) is 3. The number of nitrogens with zero attached hydrogens (tertiary/aromatic N) is 2. The molecular formula is C32H45F4N3O2. The van der Waals surface area contributed by atoms with Crippen LogP contribution in [-0.4, -0.2) is 64.8 Å². The van der Waals surface area contributed by atoms with E-state index in [-0.39, 0.29) is 59.4 Å². The lowest BCUT2D eigenvalue weighted by Gasteiger charge is -2.41. The van der Waals surface area contributed by atoms with Crippen LogP contribution in [0.1, 0.15) is 90.5 Å². The van der Waals surface area contributed by atoms with Crippen LogP contribution in [0.15, 0.2) is 18.2 Å². The van der Waals surface area contributed by atoms with Crippen molar-refractivity contribution in [2.24, 2.45) is 23.7 Å². The van der Waals surface area contributed by atoms with Crippen molar-refractivity contribution < 1.29 is 27.2 Å². The van der Waals surface area contributed by atoms with Crippen molar-refractivity contribution in [2.75, 3.05) is 26.2 Å². The maximum atomic E-state index is 14.9. The summed E-state index contributed by atoms with van der Waals surface area (Å²) in [4.78, 5) is 29.9. The van der Waals surface area contributed by atoms with Gasteiger partial charge in [-0.25, -0.2) is 17.6 Å². The quantitative estimate of drug-likeness (QED) is 0.396. The molecule has 1 aromatic rings. The first-order valence-corrected chi connectivity index (χ1v) is 15.3. The first-order valence-electron chi connectivity index (χ1n) is 15.3. The Balaban J connectivity index is 1.30. The maximum Gasteiger partial charge on any atom is 0.248 e. The molecule has 0 bridgehead atoms. The molecule has 2 aliphatic heterocycles. The Bertz CT molecular complexity index is 1140. The molecule has 2 amide bonds. The van der Waals surface area contributed by atoms with Crippen LogP contribution in [0.25, 0.3) is 0 Å². The summed E-state index contributed by atoms with van der Waals surface area (Å²) in [5.41, 5.74) is -0.102. The summed E-state index contributed by atoms with van der Waals surface area (Å²) >= 11 is 0. The molecule has 2 saturated carbocycles. The van der Waals surface area contributed by atoms with Crippen molar-refractivity contribution in [3.05, 3.63) is 35.4 Å². The summed E-state index contributed by atoms with van der Waals surface area (Å²) in [5, 5.41) is 3.10. The molecule has 0 radical (unpaired) electrons. The van der Waals surface area contributed by atoms with E-state index in [1.54, 1.807) is 0 Å². The molecular weight excluding hydrogens is 534 g/mol. The minimum Gasteiger partial charge on any atom is -0.351 e. The molecule has 4 aliphatic rings. The summed E-state index contributed by atoms with van der Waals surface area (Å²) < 4.78 is 57.2. The summed E-state index contributed by atoms with van der Waals surface area (Å²) in [6.45, 7) is 9.83. The molecule has 5 nitrogen and oxygen atoms in total. The third-order valence-electron chi connectivity index (χ3n) is 10.4. The highest BCUT2D eigenvalue weighted by molar-refractivity contribution is 5.81. The number of carbonyl (C=O) groups excluding carboxylic acids is 2. The lowest BCUT2D eigenvalue weighted by atomic mass is 9.72. The van der Waals surface area contributed by atoms with Crippen LogP contribution in [-0.2, 0) is 9.59 Å². The number of carbonyl (C=O) groups is 2. The SMILES string of the molecule is CC(=O)NC1(CC(C2CCN(C(=O)[C@@H]3CN(C(C)(C)C)C[C@H]3c3ccc(F)cc3F)CC2)C2CCC(F)(F)C2)CC1. The molecule has 9 heteroatoms. The number of likely N-dealkylation sites (tertiary alicyclic amines) is 2. The lowest BCUT2D eigenvalue weighted by Crippen LogP contribution is -2.47. The lowest BCUT2D eigenvalue weighted by molar-refractivity contribution is -0.137. The van der Waals surface area contributed by atoms with Crippen LogP contribution in [0.4, 0.5) is 17.6 Å². The fourth-order valence-corrected chi connectivity index (χ4v) is 7.93. The zero-order chi connectivity index (χ0) is 29.7. The zero-order valence-corrected chi connectivity index (χ0v) is 24.8. The number of hydrogen-bond donors (Lipinski definition) is 1. The van der Waals surface area contributed by atoms with Gasteiger partial charge in [0.1, 0.15) is 11.6 Å². The zero-order valence-electron chi connectivity index (χ0n) is 24.8. The number of alkyl halides is 2. The molecule has 0 spiro atoms. The Labute approximate surface area is 241 Å². The highest BCUT2D eigenvalue weighted by atomic mass is 19.3. The molecule has 2 unspecified atom stereocenters. The highest BCUT2D eigenvalue weighted by Crippen LogP contribution is 2.52. The molecule has 1 aromatic carbocycles. The van der Waals surface area contributed by atoms with E-state index in [1.165, 1.54) is 19.1 Å². The van der Waals surface area contributed by atoms with Crippen LogP contribution in [0.5, 0.6) is 0 Å². The van der Waals surface area contributed by atoms with E-state index >= 15 is 0 Å². The van der Waals surface area contributed by atoms with E-state index in [4.69, 9.17) is 0 Å². The second-order valence-electron chi connectivity index (χ2n) is 14.3. The van der Waals surface area contributed by atoms with Crippen LogP contribution in [0, 0.1) is 35.3 Å². The Hall–Kier alpha value is -2.16. The monoisotopic (exact) mass is 579 g/mol. The van der Waals surface area contributed by atoms with E-state index in [0.29, 0.717) is 38.2 Å². The number of rotatable bonds is 7. The molecule has 2 aliphatic carbocycles. The van der Waals surface area contributed by atoms with E-state index in [2.05, 4.69) is 31.0 Å². The number of amides is 2. The molecule has 0 aromatic heterocycles. The van der Waals surface area contributed by atoms with Crippen molar-refractivity contribution in [2.45, 2.75) is 102 Å². The number of piperidine rings is 1. The molecule has 5 rings (SSSR count). The molecule has 41 heavy (non-hydrogen) atoms. The van der Waals surface area contributed by atoms with E-state index < -0.39 is 23.5 Å². The van der Waals surface area contributed by atoms with E-state index in [1.807, 2.05) is 4.90 Å². The first kappa shape index (κ1) is 30.3. The molecule has 2 heterocycles. The van der Waals surface area contributed by atoms with Gasteiger partial charge in [-0.2, -0.15) is 0 Å². The van der Waals surface area contributed by atoms with Gasteiger partial charge in [-0.3, -0.25) is 14.5 Å². The van der Waals surface area contributed by atoms with Gasteiger partial charge in [-0.15, -0.1) is 0 Å². The average molecular weight is 580 g/mol. The van der Waals surface area contributed by atoms with Gasteiger partial charge in [0.25, 0.3) is 0 Å². The van der Waals surface area contributed by atoms with Crippen molar-refractivity contribution in [3.8, 4) is 0 Å². The van der Waals surface area contributed by atoms with Crippen LogP contribution >= 0.6 is 0 Å². The highest BCUT2D eigenvalue weighted by Gasteiger charge is 2.52. The standard InChI is InChI=1S/C32H45F4N3O2/c1-20(40)37-31(11-12-31)17-25(22-7-10-32(35,36)16-22)21-8-13-38(14-9-21)29(41)27-19-39(30(2,3)4)18-26(27)24-6-5-23(33)15-28(24)34/h5-6,15,21-22,25-27H,7-14,16-19H2,1-4H3,(H,37,40)/t22?,25?,26-,27+/m0/s1. The van der Waals surface area contributed by atoms with Gasteiger partial charge >= 0.3 is 0 Å². The third kappa shape index (κ3) is 6.75. The van der Waals surface area contributed by atoms with Crippen molar-refractivity contribution in [1.29, 1.82) is 0 Å². The summed E-state index contributed by atoms with van der Waals surface area (Å²) in [6, 6.07) is 3.62. The smallest absolute Gasteiger partial charge is 0.248 e. The van der Waals surface area contributed by atoms with Gasteiger partial charge in [-0.05, 0) is 88.7 Å².